The molecule has 178 valence electrons. The number of aliphatic hydroxyl groups is 2. The number of hydrogen-bond acceptors (Lipinski definition) is 7. The summed E-state index contributed by atoms with van der Waals surface area (Å²) in [5.74, 6) is 0.747. The highest BCUT2D eigenvalue weighted by atomic mass is 16.5. The van der Waals surface area contributed by atoms with E-state index >= 15 is 0 Å². The Morgan fingerprint density at radius 1 is 1.03 bits per heavy atom. The van der Waals surface area contributed by atoms with Crippen LogP contribution in [0.5, 0.6) is 17.2 Å². The number of hydrogen-bond donors (Lipinski definition) is 4. The van der Waals surface area contributed by atoms with Crippen LogP contribution in [0.2, 0.25) is 0 Å². The number of methoxy groups -OCH3 is 2. The number of carbonyl (C=O) groups is 1. The highest BCUT2D eigenvalue weighted by Gasteiger charge is 2.16. The molecule has 8 nitrogen and oxygen atoms in total. The monoisotopic (exact) mass is 457 g/mol. The molecule has 0 spiro atoms. The van der Waals surface area contributed by atoms with E-state index in [4.69, 9.17) is 19.4 Å². The van der Waals surface area contributed by atoms with Crippen molar-refractivity contribution in [2.75, 3.05) is 14.2 Å². The second kappa shape index (κ2) is 12.6. The first-order valence-electron chi connectivity index (χ1n) is 10.4. The minimum Gasteiger partial charge on any atom is -0.493 e. The molecule has 33 heavy (non-hydrogen) atoms. The Bertz CT molecular complexity index is 999. The van der Waals surface area contributed by atoms with E-state index < -0.39 is 5.91 Å². The van der Waals surface area contributed by atoms with Gasteiger partial charge in [0.05, 0.1) is 27.4 Å². The van der Waals surface area contributed by atoms with Gasteiger partial charge in [-0.25, -0.2) is 5.48 Å². The van der Waals surface area contributed by atoms with Crippen LogP contribution in [0.15, 0.2) is 42.0 Å². The van der Waals surface area contributed by atoms with Crippen molar-refractivity contribution in [1.82, 2.24) is 5.48 Å². The fourth-order valence-corrected chi connectivity index (χ4v) is 3.33. The Morgan fingerprint density at radius 3 is 2.33 bits per heavy atom. The fourth-order valence-electron chi connectivity index (χ4n) is 3.33. The third-order valence-electron chi connectivity index (χ3n) is 4.97. The highest BCUT2D eigenvalue weighted by Crippen LogP contribution is 2.35. The van der Waals surface area contributed by atoms with Crippen molar-refractivity contribution in [3.05, 3.63) is 69.8 Å². The molecule has 2 aromatic rings. The van der Waals surface area contributed by atoms with Crippen molar-refractivity contribution in [3.8, 4) is 17.2 Å². The number of amides is 1. The van der Waals surface area contributed by atoms with Gasteiger partial charge in [-0.05, 0) is 49.6 Å². The van der Waals surface area contributed by atoms with E-state index in [1.54, 1.807) is 29.7 Å². The lowest BCUT2D eigenvalue weighted by Crippen LogP contribution is -2.14. The number of nitrogens with one attached hydrogen (secondary N) is 1. The summed E-state index contributed by atoms with van der Waals surface area (Å²) in [6.07, 6.45) is 5.26. The molecular formula is C25H31NO7. The minimum atomic E-state index is -0.675. The van der Waals surface area contributed by atoms with Gasteiger partial charge in [-0.3, -0.25) is 10.0 Å². The third kappa shape index (κ3) is 6.82. The molecule has 0 saturated heterocycles. The standard InChI is InChI=1S/C25H31NO7/c1-16(2)5-9-21-19(13-27)7-6-18(8-10-23(29)26-30)24(21)33-15-17-11-20(14-28)25(32-4)22(12-17)31-3/h5-8,10-12,27-28,30H,9,13-15H2,1-4H3,(H,26,29)/b10-8+. The molecule has 2 aromatic carbocycles. The molecule has 0 atom stereocenters. The van der Waals surface area contributed by atoms with Crippen molar-refractivity contribution in [3.63, 3.8) is 0 Å². The Hall–Kier alpha value is -3.33. The number of aliphatic hydroxyl groups excluding tert-OH is 2. The first-order chi connectivity index (χ1) is 15.9. The molecule has 0 radical (unpaired) electrons. The minimum absolute atomic E-state index is 0.136. The maximum absolute atomic E-state index is 11.5. The van der Waals surface area contributed by atoms with Crippen LogP contribution >= 0.6 is 0 Å². The van der Waals surface area contributed by atoms with Gasteiger partial charge in [-0.2, -0.15) is 0 Å². The normalized spacial score (nSPS) is 10.8. The molecule has 0 aromatic heterocycles. The van der Waals surface area contributed by atoms with Gasteiger partial charge in [-0.15, -0.1) is 0 Å². The first kappa shape index (κ1) is 25.9. The van der Waals surface area contributed by atoms with Crippen molar-refractivity contribution < 1.29 is 34.4 Å². The van der Waals surface area contributed by atoms with Crippen LogP contribution in [0.3, 0.4) is 0 Å². The lowest BCUT2D eigenvalue weighted by Gasteiger charge is -2.18. The SMILES string of the molecule is COc1cc(COc2c(/C=C/C(=O)NO)ccc(CO)c2CC=C(C)C)cc(CO)c1OC. The zero-order chi connectivity index (χ0) is 24.4. The zero-order valence-electron chi connectivity index (χ0n) is 19.3. The maximum atomic E-state index is 11.5. The van der Waals surface area contributed by atoms with Crippen LogP contribution in [-0.2, 0) is 31.0 Å². The van der Waals surface area contributed by atoms with Crippen LogP contribution in [0.25, 0.3) is 6.08 Å². The van der Waals surface area contributed by atoms with Crippen molar-refractivity contribution in [1.29, 1.82) is 0 Å². The number of ether oxygens (including phenoxy) is 3. The third-order valence-corrected chi connectivity index (χ3v) is 4.97. The number of carbonyl (C=O) groups excluding carboxylic acids is 1. The van der Waals surface area contributed by atoms with E-state index in [0.717, 1.165) is 16.7 Å². The summed E-state index contributed by atoms with van der Waals surface area (Å²) in [5.41, 5.74) is 6.06. The van der Waals surface area contributed by atoms with Crippen LogP contribution in [0.1, 0.15) is 41.7 Å². The van der Waals surface area contributed by atoms with Crippen LogP contribution in [0.4, 0.5) is 0 Å². The summed E-state index contributed by atoms with van der Waals surface area (Å²) in [6.45, 7) is 3.69. The summed E-state index contributed by atoms with van der Waals surface area (Å²) < 4.78 is 16.9. The van der Waals surface area contributed by atoms with Gasteiger partial charge in [-0.1, -0.05) is 23.8 Å². The average Bonchev–Trinajstić information content (AvgIpc) is 2.83. The lowest BCUT2D eigenvalue weighted by molar-refractivity contribution is -0.124. The first-order valence-corrected chi connectivity index (χ1v) is 10.4. The Balaban J connectivity index is 2.53. The highest BCUT2D eigenvalue weighted by molar-refractivity contribution is 5.91. The van der Waals surface area contributed by atoms with Gasteiger partial charge in [0.25, 0.3) is 5.91 Å². The van der Waals surface area contributed by atoms with Gasteiger partial charge in [0.15, 0.2) is 11.5 Å². The Morgan fingerprint density at radius 2 is 1.76 bits per heavy atom. The summed E-state index contributed by atoms with van der Waals surface area (Å²) in [5, 5.41) is 28.4. The van der Waals surface area contributed by atoms with Crippen LogP contribution in [-0.4, -0.2) is 35.5 Å². The average molecular weight is 458 g/mol. The maximum Gasteiger partial charge on any atom is 0.267 e. The van der Waals surface area contributed by atoms with Gasteiger partial charge >= 0.3 is 0 Å². The summed E-state index contributed by atoms with van der Waals surface area (Å²) >= 11 is 0. The number of allylic oxidation sites excluding steroid dienone is 2. The predicted molar refractivity (Wildman–Crippen MR) is 124 cm³/mol. The second-order valence-electron chi connectivity index (χ2n) is 7.51. The predicted octanol–water partition coefficient (Wildman–Crippen LogP) is 3.29. The molecular weight excluding hydrogens is 426 g/mol. The van der Waals surface area contributed by atoms with E-state index in [2.05, 4.69) is 0 Å². The number of hydroxylamine groups is 1. The molecule has 8 heteroatoms. The number of benzene rings is 2. The molecule has 0 aliphatic heterocycles. The zero-order valence-corrected chi connectivity index (χ0v) is 19.3. The van der Waals surface area contributed by atoms with Crippen molar-refractivity contribution in [2.24, 2.45) is 0 Å². The van der Waals surface area contributed by atoms with E-state index in [-0.39, 0.29) is 19.8 Å². The molecule has 0 saturated carbocycles. The van der Waals surface area contributed by atoms with E-state index in [1.165, 1.54) is 26.4 Å². The smallest absolute Gasteiger partial charge is 0.267 e. The molecule has 0 aliphatic rings. The van der Waals surface area contributed by atoms with Gasteiger partial charge in [0, 0.05) is 22.8 Å². The quantitative estimate of drug-likeness (QED) is 0.177. The van der Waals surface area contributed by atoms with Gasteiger partial charge in [0.1, 0.15) is 12.4 Å². The largest absolute Gasteiger partial charge is 0.493 e. The van der Waals surface area contributed by atoms with Gasteiger partial charge < -0.3 is 24.4 Å². The molecule has 2 rings (SSSR count). The molecule has 4 N–H and O–H groups in total. The fraction of sp³-hybridized carbons (Fsp3) is 0.320. The summed E-state index contributed by atoms with van der Waals surface area (Å²) in [7, 11) is 3.02. The van der Waals surface area contributed by atoms with Crippen LogP contribution in [0, 0.1) is 0 Å². The van der Waals surface area contributed by atoms with E-state index in [1.807, 2.05) is 19.9 Å². The molecule has 0 heterocycles. The van der Waals surface area contributed by atoms with E-state index in [9.17, 15) is 15.0 Å². The molecule has 0 fully saturated rings. The lowest BCUT2D eigenvalue weighted by atomic mass is 9.98. The number of rotatable bonds is 11. The Kier molecular flexibility index (Phi) is 9.93. The van der Waals surface area contributed by atoms with Crippen LogP contribution < -0.4 is 19.7 Å². The molecule has 1 amide bonds. The second-order valence-corrected chi connectivity index (χ2v) is 7.51. The topological polar surface area (TPSA) is 117 Å². The van der Waals surface area contributed by atoms with E-state index in [0.29, 0.717) is 40.4 Å². The molecule has 0 bridgehead atoms. The van der Waals surface area contributed by atoms with Crippen molar-refractivity contribution >= 4 is 12.0 Å². The Labute approximate surface area is 193 Å². The molecule has 0 unspecified atom stereocenters. The summed E-state index contributed by atoms with van der Waals surface area (Å²) in [4.78, 5) is 11.5. The summed E-state index contributed by atoms with van der Waals surface area (Å²) in [6, 6.07) is 7.04. The van der Waals surface area contributed by atoms with Crippen molar-refractivity contribution in [2.45, 2.75) is 40.1 Å². The molecule has 0 aliphatic carbocycles. The van der Waals surface area contributed by atoms with Gasteiger partial charge in [0.2, 0.25) is 0 Å².